The standard InChI is InChI=1S/C49H76O2SSi/c1-35(2)18-16-19-36(3)43-28-29-44-42-27-26-38-34-39(30-32-48(38,8)45(42)31-33-49(43,44)9)50-46(52)25-17-20-37(4)51-53(47(5,6)7,40-21-12-10-13-22-40)41-23-14-11-15-24-41/h10-15,21-24,35-39,42-45H,16-20,25-34H2,1-9H3/t36-,37+,38-,39-,42-,43+,44-,45-,48-,49+/m0/s1. The van der Waals surface area contributed by atoms with Crippen LogP contribution in [0.5, 0.6) is 0 Å². The predicted octanol–water partition coefficient (Wildman–Crippen LogP) is 13.0. The summed E-state index contributed by atoms with van der Waals surface area (Å²) in [5.74, 6) is 6.30. The summed E-state index contributed by atoms with van der Waals surface area (Å²) >= 11 is 5.96. The summed E-state index contributed by atoms with van der Waals surface area (Å²) in [6.07, 6.45) is 20.1. The molecule has 0 radical (unpaired) electrons. The first-order valence-corrected chi connectivity index (χ1v) is 24.5. The van der Waals surface area contributed by atoms with Crippen molar-refractivity contribution >= 4 is 36.0 Å². The van der Waals surface area contributed by atoms with Gasteiger partial charge in [0.05, 0.1) is 6.10 Å². The van der Waals surface area contributed by atoms with Crippen LogP contribution in [0.1, 0.15) is 159 Å². The van der Waals surface area contributed by atoms with E-state index in [0.29, 0.717) is 16.9 Å². The molecule has 0 spiro atoms. The van der Waals surface area contributed by atoms with Crippen molar-refractivity contribution < 1.29 is 9.16 Å². The van der Waals surface area contributed by atoms with Gasteiger partial charge in [0, 0.05) is 12.5 Å². The Morgan fingerprint density at radius 3 is 2.00 bits per heavy atom. The first-order valence-electron chi connectivity index (χ1n) is 22.2. The van der Waals surface area contributed by atoms with Crippen LogP contribution in [-0.2, 0) is 9.16 Å². The molecule has 0 bridgehead atoms. The van der Waals surface area contributed by atoms with Gasteiger partial charge in [-0.1, -0.05) is 135 Å². The number of hydrogen-bond acceptors (Lipinski definition) is 3. The monoisotopic (exact) mass is 757 g/mol. The van der Waals surface area contributed by atoms with Gasteiger partial charge in [0.2, 0.25) is 0 Å². The highest BCUT2D eigenvalue weighted by Crippen LogP contribution is 2.68. The van der Waals surface area contributed by atoms with E-state index in [1.54, 1.807) is 0 Å². The summed E-state index contributed by atoms with van der Waals surface area (Å²) in [4.78, 5) is 0. The van der Waals surface area contributed by atoms with E-state index in [1.165, 1.54) is 87.4 Å². The Bertz CT molecular complexity index is 1430. The van der Waals surface area contributed by atoms with Gasteiger partial charge >= 0.3 is 0 Å². The molecule has 2 aromatic rings. The fraction of sp³-hybridized carbons (Fsp3) is 0.735. The van der Waals surface area contributed by atoms with Crippen LogP contribution in [0, 0.1) is 52.3 Å². The minimum absolute atomic E-state index is 0.0146. The molecule has 4 aliphatic rings. The zero-order valence-corrected chi connectivity index (χ0v) is 37.1. The molecule has 2 nitrogen and oxygen atoms in total. The van der Waals surface area contributed by atoms with Crippen LogP contribution in [0.25, 0.3) is 0 Å². The second kappa shape index (κ2) is 16.9. The average Bonchev–Trinajstić information content (AvgIpc) is 3.48. The maximum Gasteiger partial charge on any atom is 0.261 e. The van der Waals surface area contributed by atoms with Crippen LogP contribution in [0.2, 0.25) is 5.04 Å². The zero-order valence-electron chi connectivity index (χ0n) is 35.3. The molecule has 53 heavy (non-hydrogen) atoms. The quantitative estimate of drug-likeness (QED) is 0.141. The lowest BCUT2D eigenvalue weighted by atomic mass is 9.44. The average molecular weight is 757 g/mol. The molecule has 10 atom stereocenters. The van der Waals surface area contributed by atoms with Gasteiger partial charge in [0.25, 0.3) is 8.32 Å². The van der Waals surface area contributed by atoms with Crippen LogP contribution in [0.15, 0.2) is 60.7 Å². The van der Waals surface area contributed by atoms with Crippen molar-refractivity contribution in [3.8, 4) is 0 Å². The molecule has 4 fully saturated rings. The van der Waals surface area contributed by atoms with Crippen molar-refractivity contribution in [2.24, 2.45) is 52.3 Å². The summed E-state index contributed by atoms with van der Waals surface area (Å²) in [6, 6.07) is 22.0. The van der Waals surface area contributed by atoms with E-state index in [4.69, 9.17) is 21.4 Å². The Balaban J connectivity index is 1.01. The van der Waals surface area contributed by atoms with Gasteiger partial charge in [-0.2, -0.15) is 0 Å². The summed E-state index contributed by atoms with van der Waals surface area (Å²) in [6.45, 7) is 22.2. The molecule has 0 N–H and O–H groups in total. The van der Waals surface area contributed by atoms with Crippen molar-refractivity contribution in [1.82, 2.24) is 0 Å². The molecule has 0 saturated heterocycles. The van der Waals surface area contributed by atoms with E-state index in [9.17, 15) is 0 Å². The third-order valence-corrected chi connectivity index (χ3v) is 21.4. The van der Waals surface area contributed by atoms with Gasteiger partial charge in [-0.15, -0.1) is 0 Å². The van der Waals surface area contributed by atoms with Crippen LogP contribution >= 0.6 is 12.2 Å². The maximum atomic E-state index is 7.35. The second-order valence-corrected chi connectivity index (χ2v) is 25.3. The second-order valence-electron chi connectivity index (χ2n) is 20.6. The highest BCUT2D eigenvalue weighted by atomic mass is 32.1. The highest BCUT2D eigenvalue weighted by Gasteiger charge is 2.60. The van der Waals surface area contributed by atoms with Crippen molar-refractivity contribution in [2.45, 2.75) is 176 Å². The van der Waals surface area contributed by atoms with Crippen LogP contribution in [0.4, 0.5) is 0 Å². The fourth-order valence-electron chi connectivity index (χ4n) is 13.2. The van der Waals surface area contributed by atoms with Crippen molar-refractivity contribution in [2.75, 3.05) is 0 Å². The highest BCUT2D eigenvalue weighted by molar-refractivity contribution is 7.80. The first-order chi connectivity index (χ1) is 25.2. The van der Waals surface area contributed by atoms with Gasteiger partial charge in [-0.05, 0) is 157 Å². The Morgan fingerprint density at radius 1 is 0.755 bits per heavy atom. The minimum Gasteiger partial charge on any atom is -0.484 e. The third-order valence-electron chi connectivity index (χ3n) is 15.9. The van der Waals surface area contributed by atoms with E-state index in [-0.39, 0.29) is 11.1 Å². The van der Waals surface area contributed by atoms with Crippen LogP contribution in [0.3, 0.4) is 0 Å². The van der Waals surface area contributed by atoms with Crippen LogP contribution in [-0.4, -0.2) is 25.6 Å². The number of thiocarbonyl (C=S) groups is 1. The van der Waals surface area contributed by atoms with Crippen LogP contribution < -0.4 is 10.4 Å². The van der Waals surface area contributed by atoms with E-state index in [0.717, 1.165) is 65.7 Å². The van der Waals surface area contributed by atoms with E-state index in [1.807, 2.05) is 0 Å². The van der Waals surface area contributed by atoms with Crippen molar-refractivity contribution in [3.05, 3.63) is 60.7 Å². The third kappa shape index (κ3) is 8.46. The first kappa shape index (κ1) is 41.1. The Kier molecular flexibility index (Phi) is 13.1. The van der Waals surface area contributed by atoms with Gasteiger partial charge in [-0.3, -0.25) is 0 Å². The molecular weight excluding hydrogens is 681 g/mol. The molecule has 4 aliphatic carbocycles. The van der Waals surface area contributed by atoms with Crippen molar-refractivity contribution in [1.29, 1.82) is 0 Å². The molecule has 0 unspecified atom stereocenters. The normalized spacial score (nSPS) is 32.7. The number of benzene rings is 2. The molecule has 6 rings (SSSR count). The Morgan fingerprint density at radius 2 is 1.38 bits per heavy atom. The molecule has 2 aromatic carbocycles. The van der Waals surface area contributed by atoms with E-state index < -0.39 is 8.32 Å². The molecule has 0 aromatic heterocycles. The predicted molar refractivity (Wildman–Crippen MR) is 233 cm³/mol. The topological polar surface area (TPSA) is 18.5 Å². The lowest BCUT2D eigenvalue weighted by molar-refractivity contribution is -0.127. The minimum atomic E-state index is -2.55. The molecule has 4 heteroatoms. The lowest BCUT2D eigenvalue weighted by Gasteiger charge is -2.61. The molecule has 4 saturated carbocycles. The summed E-state index contributed by atoms with van der Waals surface area (Å²) < 4.78 is 14.0. The smallest absolute Gasteiger partial charge is 0.261 e. The molecule has 0 amide bonds. The lowest BCUT2D eigenvalue weighted by Crippen LogP contribution is -2.67. The summed E-state index contributed by atoms with van der Waals surface area (Å²) in [7, 11) is -2.55. The number of hydrogen-bond donors (Lipinski definition) is 0. The number of rotatable bonds is 14. The van der Waals surface area contributed by atoms with Gasteiger partial charge in [-0.25, -0.2) is 0 Å². The van der Waals surface area contributed by atoms with Crippen molar-refractivity contribution in [3.63, 3.8) is 0 Å². The molecule has 0 heterocycles. The number of fused-ring (bicyclic) bond motifs is 5. The fourth-order valence-corrected chi connectivity index (χ4v) is 18.2. The SMILES string of the molecule is CC(C)CCC[C@H](C)[C@H]1CC[C@H]2[C@@H]3CC[C@H]4C[C@@H](OC(=S)CCC[C@@H](C)O[Si](c5ccccc5)(c5ccccc5)C(C)(C)C)CC[C@]4(C)[C@H]3CC[C@]12C. The number of ether oxygens (including phenoxy) is 1. The maximum absolute atomic E-state index is 7.35. The van der Waals surface area contributed by atoms with E-state index >= 15 is 0 Å². The van der Waals surface area contributed by atoms with E-state index in [2.05, 4.69) is 123 Å². The Labute approximate surface area is 332 Å². The van der Waals surface area contributed by atoms with Gasteiger partial charge < -0.3 is 9.16 Å². The summed E-state index contributed by atoms with van der Waals surface area (Å²) in [5, 5.41) is 3.51. The van der Waals surface area contributed by atoms with Gasteiger partial charge in [0.1, 0.15) is 0 Å². The summed E-state index contributed by atoms with van der Waals surface area (Å²) in [5.41, 5.74) is 1.07. The molecule has 294 valence electrons. The molecule has 0 aliphatic heterocycles. The zero-order chi connectivity index (χ0) is 38.0. The largest absolute Gasteiger partial charge is 0.484 e. The Hall–Kier alpha value is -1.49. The molecular formula is C49H76O2SSi. The van der Waals surface area contributed by atoms with Gasteiger partial charge in [0.15, 0.2) is 5.05 Å².